The minimum Gasteiger partial charge on any atom is -0.347 e. The third-order valence-electron chi connectivity index (χ3n) is 6.48. The summed E-state index contributed by atoms with van der Waals surface area (Å²) in [7, 11) is 0. The first-order chi connectivity index (χ1) is 12.0. The van der Waals surface area contributed by atoms with Gasteiger partial charge in [-0.1, -0.05) is 0 Å². The molecule has 6 rings (SSSR count). The molecular weight excluding hydrogens is 330 g/mol. The Morgan fingerprint density at radius 2 is 1.88 bits per heavy atom. The second-order valence-electron chi connectivity index (χ2n) is 8.60. The Balaban J connectivity index is 1.35. The number of nitrogens with one attached hydrogen (secondary N) is 1. The van der Waals surface area contributed by atoms with E-state index in [1.54, 1.807) is 17.4 Å². The molecule has 2 heterocycles. The number of nitrogens with zero attached hydrogens (tertiary/aromatic N) is 2. The molecule has 0 aliphatic heterocycles. The van der Waals surface area contributed by atoms with Crippen LogP contribution in [0.5, 0.6) is 0 Å². The standard InChI is InChI=1S/C20H25N3OS/c1-12-11-23-17(13(2)21-19(23)25-12)3-4-18(24)22-20-8-14-5-15(9-20)7-16(6-14)10-20/h3-4,11,14-16H,5-10H2,1-2H3,(H,22,24)/b4-3+. The first-order valence-corrected chi connectivity index (χ1v) is 10.3. The highest BCUT2D eigenvalue weighted by Gasteiger charge is 2.51. The largest absolute Gasteiger partial charge is 0.347 e. The fraction of sp³-hybridized carbons (Fsp3) is 0.600. The molecule has 0 spiro atoms. The lowest BCUT2D eigenvalue weighted by atomic mass is 9.53. The first-order valence-electron chi connectivity index (χ1n) is 9.45. The third-order valence-corrected chi connectivity index (χ3v) is 7.38. The lowest BCUT2D eigenvalue weighted by Gasteiger charge is -2.56. The van der Waals surface area contributed by atoms with Crippen LogP contribution in [-0.4, -0.2) is 20.8 Å². The molecule has 0 aromatic carbocycles. The van der Waals surface area contributed by atoms with Gasteiger partial charge < -0.3 is 5.32 Å². The van der Waals surface area contributed by atoms with E-state index in [0.717, 1.165) is 34.1 Å². The SMILES string of the molecule is Cc1cn2c(/C=C/C(=O)NC34CC5CC(CC(C5)C3)C4)c(C)nc2s1. The maximum atomic E-state index is 12.7. The maximum Gasteiger partial charge on any atom is 0.244 e. The molecule has 0 radical (unpaired) electrons. The monoisotopic (exact) mass is 355 g/mol. The van der Waals surface area contributed by atoms with Gasteiger partial charge in [0, 0.05) is 22.7 Å². The van der Waals surface area contributed by atoms with Gasteiger partial charge in [-0.25, -0.2) is 4.98 Å². The van der Waals surface area contributed by atoms with E-state index in [-0.39, 0.29) is 11.4 Å². The third kappa shape index (κ3) is 2.64. The lowest BCUT2D eigenvalue weighted by molar-refractivity contribution is -0.122. The van der Waals surface area contributed by atoms with Gasteiger partial charge in [-0.05, 0) is 76.2 Å². The van der Waals surface area contributed by atoms with Crippen molar-refractivity contribution in [1.29, 1.82) is 0 Å². The number of hydrogen-bond acceptors (Lipinski definition) is 3. The van der Waals surface area contributed by atoms with Crippen molar-refractivity contribution in [3.05, 3.63) is 28.5 Å². The van der Waals surface area contributed by atoms with Crippen LogP contribution in [-0.2, 0) is 4.79 Å². The summed E-state index contributed by atoms with van der Waals surface area (Å²) < 4.78 is 2.09. The van der Waals surface area contributed by atoms with E-state index in [4.69, 9.17) is 0 Å². The van der Waals surface area contributed by atoms with Crippen LogP contribution in [0, 0.1) is 31.6 Å². The van der Waals surface area contributed by atoms with E-state index in [0.29, 0.717) is 0 Å². The number of carbonyl (C=O) groups excluding carboxylic acids is 1. The number of carbonyl (C=O) groups is 1. The molecular formula is C20H25N3OS. The highest BCUT2D eigenvalue weighted by molar-refractivity contribution is 7.17. The summed E-state index contributed by atoms with van der Waals surface area (Å²) >= 11 is 1.68. The molecule has 1 amide bonds. The van der Waals surface area contributed by atoms with Crippen LogP contribution in [0.15, 0.2) is 12.3 Å². The molecule has 0 unspecified atom stereocenters. The van der Waals surface area contributed by atoms with Gasteiger partial charge in [-0.3, -0.25) is 9.20 Å². The Morgan fingerprint density at radius 1 is 1.24 bits per heavy atom. The summed E-state index contributed by atoms with van der Waals surface area (Å²) in [6, 6.07) is 0. The van der Waals surface area contributed by atoms with Gasteiger partial charge in [0.25, 0.3) is 0 Å². The maximum absolute atomic E-state index is 12.7. The number of aromatic nitrogens is 2. The summed E-state index contributed by atoms with van der Waals surface area (Å²) in [5, 5.41) is 3.41. The molecule has 4 saturated carbocycles. The Labute approximate surface area is 152 Å². The Bertz CT molecular complexity index is 840. The summed E-state index contributed by atoms with van der Waals surface area (Å²) in [4.78, 5) is 19.5. The van der Waals surface area contributed by atoms with Crippen molar-refractivity contribution in [2.45, 2.75) is 57.9 Å². The molecule has 132 valence electrons. The average Bonchev–Trinajstić information content (AvgIpc) is 2.98. The van der Waals surface area contributed by atoms with Crippen LogP contribution < -0.4 is 5.32 Å². The van der Waals surface area contributed by atoms with Crippen molar-refractivity contribution in [1.82, 2.24) is 14.7 Å². The molecule has 4 aliphatic rings. The Hall–Kier alpha value is -1.62. The fourth-order valence-corrected chi connectivity index (χ4v) is 6.88. The Morgan fingerprint density at radius 3 is 2.52 bits per heavy atom. The highest BCUT2D eigenvalue weighted by Crippen LogP contribution is 2.55. The van der Waals surface area contributed by atoms with Gasteiger partial charge in [0.15, 0.2) is 4.96 Å². The summed E-state index contributed by atoms with van der Waals surface area (Å²) in [5.74, 6) is 2.60. The smallest absolute Gasteiger partial charge is 0.244 e. The second-order valence-corrected chi connectivity index (χ2v) is 9.81. The molecule has 5 heteroatoms. The molecule has 4 nitrogen and oxygen atoms in total. The fourth-order valence-electron chi connectivity index (χ4n) is 6.00. The molecule has 2 aromatic heterocycles. The number of thiazole rings is 1. The number of amides is 1. The van der Waals surface area contributed by atoms with Crippen LogP contribution >= 0.6 is 11.3 Å². The number of aryl methyl sites for hydroxylation is 2. The number of rotatable bonds is 3. The van der Waals surface area contributed by atoms with Gasteiger partial charge in [0.05, 0.1) is 11.4 Å². The van der Waals surface area contributed by atoms with Crippen molar-refractivity contribution in [2.24, 2.45) is 17.8 Å². The molecule has 1 N–H and O–H groups in total. The van der Waals surface area contributed by atoms with E-state index in [1.165, 1.54) is 43.4 Å². The number of fused-ring (bicyclic) bond motifs is 1. The first kappa shape index (κ1) is 15.6. The van der Waals surface area contributed by atoms with Gasteiger partial charge in [0.1, 0.15) is 0 Å². The average molecular weight is 356 g/mol. The van der Waals surface area contributed by atoms with Gasteiger partial charge in [-0.2, -0.15) is 0 Å². The molecule has 4 fully saturated rings. The van der Waals surface area contributed by atoms with Crippen LogP contribution in [0.25, 0.3) is 11.0 Å². The molecule has 4 aliphatic carbocycles. The van der Waals surface area contributed by atoms with Crippen LogP contribution in [0.1, 0.15) is 54.8 Å². The van der Waals surface area contributed by atoms with E-state index < -0.39 is 0 Å². The normalized spacial score (nSPS) is 33.6. The predicted molar refractivity (Wildman–Crippen MR) is 101 cm³/mol. The van der Waals surface area contributed by atoms with Crippen molar-refractivity contribution >= 4 is 28.3 Å². The minimum atomic E-state index is 0.0586. The van der Waals surface area contributed by atoms with Gasteiger partial charge >= 0.3 is 0 Å². The second kappa shape index (κ2) is 5.44. The zero-order valence-electron chi connectivity index (χ0n) is 14.9. The molecule has 0 atom stereocenters. The van der Waals surface area contributed by atoms with E-state index in [9.17, 15) is 4.79 Å². The molecule has 0 saturated heterocycles. The van der Waals surface area contributed by atoms with Crippen molar-refractivity contribution in [3.8, 4) is 0 Å². The lowest BCUT2D eigenvalue weighted by Crippen LogP contribution is -2.59. The van der Waals surface area contributed by atoms with Gasteiger partial charge in [0.2, 0.25) is 5.91 Å². The molecule has 2 aromatic rings. The van der Waals surface area contributed by atoms with Gasteiger partial charge in [-0.15, -0.1) is 11.3 Å². The van der Waals surface area contributed by atoms with Crippen molar-refractivity contribution in [3.63, 3.8) is 0 Å². The summed E-state index contributed by atoms with van der Waals surface area (Å²) in [5.41, 5.74) is 2.07. The molecule has 4 bridgehead atoms. The summed E-state index contributed by atoms with van der Waals surface area (Å²) in [6.07, 6.45) is 13.5. The van der Waals surface area contributed by atoms with Crippen LogP contribution in [0.3, 0.4) is 0 Å². The number of imidazole rings is 1. The van der Waals surface area contributed by atoms with E-state index in [1.807, 2.05) is 13.0 Å². The van der Waals surface area contributed by atoms with E-state index >= 15 is 0 Å². The number of hydrogen-bond donors (Lipinski definition) is 1. The Kier molecular flexibility index (Phi) is 3.40. The zero-order valence-corrected chi connectivity index (χ0v) is 15.7. The predicted octanol–water partition coefficient (Wildman–Crippen LogP) is 4.11. The summed E-state index contributed by atoms with van der Waals surface area (Å²) in [6.45, 7) is 4.09. The van der Waals surface area contributed by atoms with Crippen molar-refractivity contribution in [2.75, 3.05) is 0 Å². The van der Waals surface area contributed by atoms with Crippen molar-refractivity contribution < 1.29 is 4.79 Å². The zero-order chi connectivity index (χ0) is 17.2. The van der Waals surface area contributed by atoms with E-state index in [2.05, 4.69) is 27.8 Å². The minimum absolute atomic E-state index is 0.0586. The molecule has 25 heavy (non-hydrogen) atoms. The van der Waals surface area contributed by atoms with Crippen LogP contribution in [0.4, 0.5) is 0 Å². The topological polar surface area (TPSA) is 46.4 Å². The highest BCUT2D eigenvalue weighted by atomic mass is 32.1. The quantitative estimate of drug-likeness (QED) is 0.842. The van der Waals surface area contributed by atoms with Crippen LogP contribution in [0.2, 0.25) is 0 Å².